The van der Waals surface area contributed by atoms with E-state index in [9.17, 15) is 4.79 Å². The first kappa shape index (κ1) is 14.7. The molecule has 0 saturated carbocycles. The molecule has 0 aliphatic heterocycles. The van der Waals surface area contributed by atoms with Gasteiger partial charge in [0.05, 0.1) is 24.2 Å². The van der Waals surface area contributed by atoms with Crippen LogP contribution >= 0.6 is 23.2 Å². The zero-order valence-electron chi connectivity index (χ0n) is 11.0. The Hall–Kier alpha value is -1.72. The SMILES string of the molecule is COc1c(Cl)cc(Cl)cc1C(=O)NCc1nccn1C. The maximum atomic E-state index is 12.2. The number of nitrogens with one attached hydrogen (secondary N) is 1. The van der Waals surface area contributed by atoms with Crippen LogP contribution in [0.25, 0.3) is 0 Å². The topological polar surface area (TPSA) is 56.1 Å². The third kappa shape index (κ3) is 3.05. The van der Waals surface area contributed by atoms with E-state index in [4.69, 9.17) is 27.9 Å². The van der Waals surface area contributed by atoms with Gasteiger partial charge >= 0.3 is 0 Å². The Bertz CT molecular complexity index is 641. The minimum Gasteiger partial charge on any atom is -0.494 e. The number of imidazole rings is 1. The third-order valence-electron chi connectivity index (χ3n) is 2.79. The number of hydrogen-bond acceptors (Lipinski definition) is 3. The molecule has 0 spiro atoms. The second-order valence-corrected chi connectivity index (χ2v) is 4.95. The van der Waals surface area contributed by atoms with Crippen LogP contribution in [-0.2, 0) is 13.6 Å². The predicted octanol–water partition coefficient (Wildman–Crippen LogP) is 2.67. The fourth-order valence-corrected chi connectivity index (χ4v) is 2.33. The summed E-state index contributed by atoms with van der Waals surface area (Å²) in [5.74, 6) is 0.716. The lowest BCUT2D eigenvalue weighted by Crippen LogP contribution is -2.25. The highest BCUT2D eigenvalue weighted by atomic mass is 35.5. The zero-order chi connectivity index (χ0) is 14.7. The Labute approximate surface area is 126 Å². The van der Waals surface area contributed by atoms with Gasteiger partial charge in [0.25, 0.3) is 5.91 Å². The van der Waals surface area contributed by atoms with E-state index in [1.165, 1.54) is 19.2 Å². The van der Waals surface area contributed by atoms with E-state index in [0.29, 0.717) is 27.9 Å². The largest absolute Gasteiger partial charge is 0.494 e. The second-order valence-electron chi connectivity index (χ2n) is 4.11. The van der Waals surface area contributed by atoms with Crippen molar-refractivity contribution in [3.05, 3.63) is 46.0 Å². The number of carbonyl (C=O) groups excluding carboxylic acids is 1. The highest BCUT2D eigenvalue weighted by molar-refractivity contribution is 6.36. The Morgan fingerprint density at radius 1 is 1.45 bits per heavy atom. The van der Waals surface area contributed by atoms with Crippen LogP contribution in [0.3, 0.4) is 0 Å². The minimum atomic E-state index is -0.325. The number of rotatable bonds is 4. The quantitative estimate of drug-likeness (QED) is 0.944. The summed E-state index contributed by atoms with van der Waals surface area (Å²) in [5.41, 5.74) is 0.291. The summed E-state index contributed by atoms with van der Waals surface area (Å²) in [4.78, 5) is 16.3. The summed E-state index contributed by atoms with van der Waals surface area (Å²) in [7, 11) is 3.30. The smallest absolute Gasteiger partial charge is 0.255 e. The van der Waals surface area contributed by atoms with Gasteiger partial charge < -0.3 is 14.6 Å². The van der Waals surface area contributed by atoms with E-state index in [-0.39, 0.29) is 5.91 Å². The first-order valence-corrected chi connectivity index (χ1v) is 6.56. The van der Waals surface area contributed by atoms with Gasteiger partial charge in [-0.15, -0.1) is 0 Å². The summed E-state index contributed by atoms with van der Waals surface area (Å²) < 4.78 is 6.96. The zero-order valence-corrected chi connectivity index (χ0v) is 12.5. The lowest BCUT2D eigenvalue weighted by atomic mass is 10.2. The van der Waals surface area contributed by atoms with E-state index in [2.05, 4.69) is 10.3 Å². The Morgan fingerprint density at radius 2 is 2.20 bits per heavy atom. The van der Waals surface area contributed by atoms with Crippen molar-refractivity contribution in [1.82, 2.24) is 14.9 Å². The third-order valence-corrected chi connectivity index (χ3v) is 3.28. The summed E-state index contributed by atoms with van der Waals surface area (Å²) in [5, 5.41) is 3.42. The molecule has 7 heteroatoms. The predicted molar refractivity (Wildman–Crippen MR) is 77.4 cm³/mol. The lowest BCUT2D eigenvalue weighted by molar-refractivity contribution is 0.0946. The highest BCUT2D eigenvalue weighted by Gasteiger charge is 2.17. The molecule has 0 bridgehead atoms. The van der Waals surface area contributed by atoms with E-state index in [1.807, 2.05) is 11.6 Å². The van der Waals surface area contributed by atoms with Crippen molar-refractivity contribution in [3.63, 3.8) is 0 Å². The molecule has 0 atom stereocenters. The van der Waals surface area contributed by atoms with Gasteiger partial charge in [0.15, 0.2) is 0 Å². The van der Waals surface area contributed by atoms with Gasteiger partial charge in [-0.1, -0.05) is 23.2 Å². The number of hydrogen-bond donors (Lipinski definition) is 1. The Balaban J connectivity index is 2.19. The molecule has 1 heterocycles. The Kier molecular flexibility index (Phi) is 4.52. The molecule has 1 aromatic carbocycles. The molecule has 0 radical (unpaired) electrons. The van der Waals surface area contributed by atoms with Gasteiger partial charge in [0.2, 0.25) is 0 Å². The number of carbonyl (C=O) groups is 1. The van der Waals surface area contributed by atoms with Crippen molar-refractivity contribution in [3.8, 4) is 5.75 Å². The van der Waals surface area contributed by atoms with Crippen LogP contribution in [0, 0.1) is 0 Å². The number of ether oxygens (including phenoxy) is 1. The molecular weight excluding hydrogens is 301 g/mol. The molecule has 0 fully saturated rings. The number of aromatic nitrogens is 2. The van der Waals surface area contributed by atoms with Crippen molar-refractivity contribution >= 4 is 29.1 Å². The van der Waals surface area contributed by atoms with Gasteiger partial charge in [-0.2, -0.15) is 0 Å². The van der Waals surface area contributed by atoms with E-state index in [0.717, 1.165) is 5.82 Å². The standard InChI is InChI=1S/C13H13Cl2N3O2/c1-18-4-3-16-11(18)7-17-13(19)9-5-8(14)6-10(15)12(9)20-2/h3-6H,7H2,1-2H3,(H,17,19). The number of amides is 1. The highest BCUT2D eigenvalue weighted by Crippen LogP contribution is 2.32. The van der Waals surface area contributed by atoms with Gasteiger partial charge in [0, 0.05) is 24.5 Å². The first-order valence-electron chi connectivity index (χ1n) is 5.80. The summed E-state index contributed by atoms with van der Waals surface area (Å²) >= 11 is 11.9. The van der Waals surface area contributed by atoms with Crippen LogP contribution in [-0.4, -0.2) is 22.6 Å². The van der Waals surface area contributed by atoms with Gasteiger partial charge in [0.1, 0.15) is 11.6 Å². The van der Waals surface area contributed by atoms with E-state index < -0.39 is 0 Å². The fourth-order valence-electron chi connectivity index (χ4n) is 1.76. The number of halogens is 2. The van der Waals surface area contributed by atoms with Crippen molar-refractivity contribution < 1.29 is 9.53 Å². The molecule has 1 amide bonds. The van der Waals surface area contributed by atoms with Crippen molar-refractivity contribution in [2.75, 3.05) is 7.11 Å². The Morgan fingerprint density at radius 3 is 2.80 bits per heavy atom. The monoisotopic (exact) mass is 313 g/mol. The van der Waals surface area contributed by atoms with E-state index in [1.54, 1.807) is 12.4 Å². The van der Waals surface area contributed by atoms with Crippen LogP contribution in [0.1, 0.15) is 16.2 Å². The average molecular weight is 314 g/mol. The summed E-state index contributed by atoms with van der Waals surface area (Å²) in [6.07, 6.45) is 3.47. The molecule has 1 aromatic heterocycles. The molecule has 2 rings (SSSR count). The van der Waals surface area contributed by atoms with Crippen LogP contribution in [0.4, 0.5) is 0 Å². The maximum absolute atomic E-state index is 12.2. The fraction of sp³-hybridized carbons (Fsp3) is 0.231. The first-order chi connectivity index (χ1) is 9.52. The van der Waals surface area contributed by atoms with Crippen LogP contribution in [0.2, 0.25) is 10.0 Å². The summed E-state index contributed by atoms with van der Waals surface area (Å²) in [6, 6.07) is 3.04. The molecule has 0 aliphatic rings. The number of nitrogens with zero attached hydrogens (tertiary/aromatic N) is 2. The molecule has 0 saturated heterocycles. The number of aryl methyl sites for hydroxylation is 1. The normalized spacial score (nSPS) is 10.4. The number of methoxy groups -OCH3 is 1. The van der Waals surface area contributed by atoms with Crippen LogP contribution < -0.4 is 10.1 Å². The molecule has 106 valence electrons. The molecule has 0 unspecified atom stereocenters. The average Bonchev–Trinajstić information content (AvgIpc) is 2.80. The van der Waals surface area contributed by atoms with Crippen molar-refractivity contribution in [2.24, 2.45) is 7.05 Å². The molecule has 20 heavy (non-hydrogen) atoms. The number of benzene rings is 1. The van der Waals surface area contributed by atoms with Gasteiger partial charge in [-0.05, 0) is 12.1 Å². The molecule has 5 nitrogen and oxygen atoms in total. The second kappa shape index (κ2) is 6.15. The lowest BCUT2D eigenvalue weighted by Gasteiger charge is -2.11. The maximum Gasteiger partial charge on any atom is 0.255 e. The van der Waals surface area contributed by atoms with Crippen LogP contribution in [0.5, 0.6) is 5.75 Å². The minimum absolute atomic E-state index is 0.291. The van der Waals surface area contributed by atoms with Gasteiger partial charge in [-0.25, -0.2) is 4.98 Å². The molecule has 1 N–H and O–H groups in total. The van der Waals surface area contributed by atoms with E-state index >= 15 is 0 Å². The van der Waals surface area contributed by atoms with Crippen molar-refractivity contribution in [1.29, 1.82) is 0 Å². The molecule has 2 aromatic rings. The van der Waals surface area contributed by atoms with Gasteiger partial charge in [-0.3, -0.25) is 4.79 Å². The molecular formula is C13H13Cl2N3O2. The summed E-state index contributed by atoms with van der Waals surface area (Å²) in [6.45, 7) is 0.301. The molecule has 0 aliphatic carbocycles. The van der Waals surface area contributed by atoms with Crippen LogP contribution in [0.15, 0.2) is 24.5 Å². The van der Waals surface area contributed by atoms with Crippen molar-refractivity contribution in [2.45, 2.75) is 6.54 Å².